The number of amides is 1. The van der Waals surface area contributed by atoms with Gasteiger partial charge in [-0.2, -0.15) is 0 Å². The predicted octanol–water partition coefficient (Wildman–Crippen LogP) is 2.11. The number of carbonyl (C=O) groups is 1. The summed E-state index contributed by atoms with van der Waals surface area (Å²) in [6.45, 7) is 0.149. The van der Waals surface area contributed by atoms with E-state index in [0.29, 0.717) is 11.2 Å². The van der Waals surface area contributed by atoms with E-state index in [1.54, 1.807) is 37.5 Å². The summed E-state index contributed by atoms with van der Waals surface area (Å²) >= 11 is 0. The largest absolute Gasteiger partial charge is 0.494 e. The maximum Gasteiger partial charge on any atom is 0.270 e. The van der Waals surface area contributed by atoms with Crippen LogP contribution in [0.3, 0.4) is 0 Å². The average molecular weight is 341 g/mol. The van der Waals surface area contributed by atoms with Gasteiger partial charge in [-0.1, -0.05) is 12.1 Å². The highest BCUT2D eigenvalue weighted by molar-refractivity contribution is 5.93. The number of fused-ring (bicyclic) bond motifs is 1. The highest BCUT2D eigenvalue weighted by Gasteiger charge is 2.18. The molecule has 0 saturated carbocycles. The molecule has 0 fully saturated rings. The first kappa shape index (κ1) is 16.6. The fourth-order valence-corrected chi connectivity index (χ4v) is 2.53. The Kier molecular flexibility index (Phi) is 4.47. The molecule has 128 valence electrons. The van der Waals surface area contributed by atoms with Crippen LogP contribution in [0.1, 0.15) is 15.9 Å². The normalized spacial score (nSPS) is 10.7. The first-order valence-corrected chi connectivity index (χ1v) is 7.55. The van der Waals surface area contributed by atoms with Crippen molar-refractivity contribution >= 4 is 11.6 Å². The number of nitrogens with zero attached hydrogens (tertiary/aromatic N) is 3. The minimum absolute atomic E-state index is 0.0415. The van der Waals surface area contributed by atoms with Crippen molar-refractivity contribution in [1.29, 1.82) is 0 Å². The zero-order valence-electron chi connectivity index (χ0n) is 13.8. The topological polar surface area (TPSA) is 63.9 Å². The van der Waals surface area contributed by atoms with Gasteiger partial charge in [0.15, 0.2) is 11.6 Å². The number of pyridine rings is 1. The van der Waals surface area contributed by atoms with Gasteiger partial charge < -0.3 is 9.64 Å². The van der Waals surface area contributed by atoms with Crippen LogP contribution < -0.4 is 10.3 Å². The Balaban J connectivity index is 1.87. The van der Waals surface area contributed by atoms with E-state index in [1.165, 1.54) is 34.7 Å². The summed E-state index contributed by atoms with van der Waals surface area (Å²) in [5.41, 5.74) is 0.565. The van der Waals surface area contributed by atoms with Crippen LogP contribution in [0.25, 0.3) is 5.65 Å². The fourth-order valence-electron chi connectivity index (χ4n) is 2.53. The van der Waals surface area contributed by atoms with Gasteiger partial charge in [-0.15, -0.1) is 0 Å². The van der Waals surface area contributed by atoms with Gasteiger partial charge >= 0.3 is 0 Å². The predicted molar refractivity (Wildman–Crippen MR) is 90.2 cm³/mol. The van der Waals surface area contributed by atoms with Crippen molar-refractivity contribution in [2.45, 2.75) is 6.54 Å². The summed E-state index contributed by atoms with van der Waals surface area (Å²) in [6.07, 6.45) is 2.82. The number of methoxy groups -OCH3 is 1. The maximum absolute atomic E-state index is 13.8. The molecular formula is C18H16FN3O3. The number of ether oxygens (including phenoxy) is 1. The molecule has 0 atom stereocenters. The zero-order valence-corrected chi connectivity index (χ0v) is 13.8. The Morgan fingerprint density at radius 3 is 2.84 bits per heavy atom. The fraction of sp³-hybridized carbons (Fsp3) is 0.167. The Morgan fingerprint density at radius 2 is 2.12 bits per heavy atom. The minimum atomic E-state index is -0.506. The molecule has 0 spiro atoms. The average Bonchev–Trinajstić information content (AvgIpc) is 2.62. The van der Waals surface area contributed by atoms with Gasteiger partial charge in [-0.3, -0.25) is 14.0 Å². The third-order valence-corrected chi connectivity index (χ3v) is 3.83. The molecule has 0 aliphatic rings. The molecule has 25 heavy (non-hydrogen) atoms. The van der Waals surface area contributed by atoms with E-state index >= 15 is 0 Å². The van der Waals surface area contributed by atoms with Crippen LogP contribution in [0.15, 0.2) is 53.6 Å². The van der Waals surface area contributed by atoms with Crippen molar-refractivity contribution in [3.8, 4) is 5.75 Å². The summed E-state index contributed by atoms with van der Waals surface area (Å²) in [5, 5.41) is 0. The van der Waals surface area contributed by atoms with Crippen LogP contribution in [-0.2, 0) is 6.54 Å². The molecule has 3 aromatic rings. The monoisotopic (exact) mass is 341 g/mol. The van der Waals surface area contributed by atoms with E-state index < -0.39 is 17.3 Å². The molecule has 3 rings (SSSR count). The van der Waals surface area contributed by atoms with Crippen LogP contribution in [-0.4, -0.2) is 34.3 Å². The molecule has 0 bridgehead atoms. The number of benzene rings is 1. The third-order valence-electron chi connectivity index (χ3n) is 3.83. The van der Waals surface area contributed by atoms with Crippen LogP contribution in [0.4, 0.5) is 4.39 Å². The maximum atomic E-state index is 13.8. The highest BCUT2D eigenvalue weighted by Crippen LogP contribution is 2.18. The van der Waals surface area contributed by atoms with Gasteiger partial charge in [-0.05, 0) is 29.8 Å². The summed E-state index contributed by atoms with van der Waals surface area (Å²) in [6, 6.07) is 9.59. The summed E-state index contributed by atoms with van der Waals surface area (Å²) < 4.78 is 20.0. The molecule has 0 aliphatic heterocycles. The Morgan fingerprint density at radius 1 is 1.32 bits per heavy atom. The van der Waals surface area contributed by atoms with Crippen molar-refractivity contribution in [3.05, 3.63) is 76.1 Å². The van der Waals surface area contributed by atoms with E-state index in [2.05, 4.69) is 4.98 Å². The lowest BCUT2D eigenvalue weighted by Crippen LogP contribution is -2.33. The van der Waals surface area contributed by atoms with Gasteiger partial charge in [0.1, 0.15) is 11.2 Å². The standard InChI is InChI=1S/C18H16FN3O3/c1-21(11-12-6-7-15(25-2)14(19)9-12)17(23)13-10-20-16-5-3-4-8-22(16)18(13)24/h3-10H,11H2,1-2H3. The second-order valence-corrected chi connectivity index (χ2v) is 5.54. The van der Waals surface area contributed by atoms with Gasteiger partial charge in [-0.25, -0.2) is 9.37 Å². The minimum Gasteiger partial charge on any atom is -0.494 e. The number of aromatic nitrogens is 2. The van der Waals surface area contributed by atoms with E-state index in [4.69, 9.17) is 4.74 Å². The second-order valence-electron chi connectivity index (χ2n) is 5.54. The number of hydrogen-bond donors (Lipinski definition) is 0. The number of carbonyl (C=O) groups excluding carboxylic acids is 1. The Labute approximate surface area is 143 Å². The quantitative estimate of drug-likeness (QED) is 0.729. The molecule has 1 amide bonds. The lowest BCUT2D eigenvalue weighted by Gasteiger charge is -2.17. The second kappa shape index (κ2) is 6.72. The van der Waals surface area contributed by atoms with E-state index in [1.807, 2.05) is 0 Å². The van der Waals surface area contributed by atoms with Crippen molar-refractivity contribution in [2.75, 3.05) is 14.2 Å². The van der Waals surface area contributed by atoms with Gasteiger partial charge in [0.2, 0.25) is 0 Å². The van der Waals surface area contributed by atoms with Gasteiger partial charge in [0.25, 0.3) is 11.5 Å². The lowest BCUT2D eigenvalue weighted by atomic mass is 10.2. The lowest BCUT2D eigenvalue weighted by molar-refractivity contribution is 0.0782. The number of hydrogen-bond acceptors (Lipinski definition) is 4. The Bertz CT molecular complexity index is 1000. The van der Waals surface area contributed by atoms with Crippen LogP contribution in [0.2, 0.25) is 0 Å². The van der Waals surface area contributed by atoms with Gasteiger partial charge in [0, 0.05) is 26.0 Å². The summed E-state index contributed by atoms with van der Waals surface area (Å²) in [5.74, 6) is -0.852. The summed E-state index contributed by atoms with van der Waals surface area (Å²) in [7, 11) is 2.93. The Hall–Kier alpha value is -3.22. The van der Waals surface area contributed by atoms with Crippen LogP contribution in [0.5, 0.6) is 5.75 Å². The molecule has 0 N–H and O–H groups in total. The van der Waals surface area contributed by atoms with E-state index in [-0.39, 0.29) is 17.9 Å². The number of rotatable bonds is 4. The van der Waals surface area contributed by atoms with Crippen LogP contribution >= 0.6 is 0 Å². The third kappa shape index (κ3) is 3.21. The van der Waals surface area contributed by atoms with E-state index in [9.17, 15) is 14.0 Å². The molecule has 0 saturated heterocycles. The van der Waals surface area contributed by atoms with Crippen molar-refractivity contribution in [3.63, 3.8) is 0 Å². The molecule has 2 heterocycles. The molecule has 2 aromatic heterocycles. The highest BCUT2D eigenvalue weighted by atomic mass is 19.1. The van der Waals surface area contributed by atoms with Crippen LogP contribution in [0, 0.1) is 5.82 Å². The van der Waals surface area contributed by atoms with Crippen molar-refractivity contribution in [2.24, 2.45) is 0 Å². The SMILES string of the molecule is COc1ccc(CN(C)C(=O)c2cnc3ccccn3c2=O)cc1F. The van der Waals surface area contributed by atoms with Crippen molar-refractivity contribution in [1.82, 2.24) is 14.3 Å². The first-order valence-electron chi connectivity index (χ1n) is 7.55. The molecule has 0 aliphatic carbocycles. The number of halogens is 1. The smallest absolute Gasteiger partial charge is 0.270 e. The molecule has 0 radical (unpaired) electrons. The molecule has 6 nitrogen and oxygen atoms in total. The molecular weight excluding hydrogens is 325 g/mol. The zero-order chi connectivity index (χ0) is 18.0. The molecule has 7 heteroatoms. The van der Waals surface area contributed by atoms with Crippen molar-refractivity contribution < 1.29 is 13.9 Å². The first-order chi connectivity index (χ1) is 12.0. The molecule has 1 aromatic carbocycles. The van der Waals surface area contributed by atoms with E-state index in [0.717, 1.165) is 0 Å². The molecule has 0 unspecified atom stereocenters. The summed E-state index contributed by atoms with van der Waals surface area (Å²) in [4.78, 5) is 30.5. The van der Waals surface area contributed by atoms with Gasteiger partial charge in [0.05, 0.1) is 7.11 Å².